The third-order valence-corrected chi connectivity index (χ3v) is 8.41. The molecule has 0 bridgehead atoms. The number of hydrogen-bond donors (Lipinski definition) is 2. The van der Waals surface area contributed by atoms with Gasteiger partial charge in [-0.25, -0.2) is 0 Å². The van der Waals surface area contributed by atoms with Crippen LogP contribution in [0.25, 0.3) is 0 Å². The molecular weight excluding hydrogens is 512 g/mol. The smallest absolute Gasteiger partial charge is 0.254 e. The second kappa shape index (κ2) is 11.0. The number of Topliss-reactive ketones (excluding diaryl/α,β-unsaturated/α-hetero) is 1. The van der Waals surface area contributed by atoms with E-state index in [4.69, 9.17) is 14.2 Å². The fourth-order valence-electron chi connectivity index (χ4n) is 5.45. The molecule has 1 aromatic heterocycles. The molecule has 39 heavy (non-hydrogen) atoms. The van der Waals surface area contributed by atoms with Gasteiger partial charge in [-0.15, -0.1) is 11.3 Å². The van der Waals surface area contributed by atoms with E-state index in [1.165, 1.54) is 0 Å². The first kappa shape index (κ1) is 26.6. The highest BCUT2D eigenvalue weighted by Crippen LogP contribution is 2.47. The van der Waals surface area contributed by atoms with E-state index >= 15 is 0 Å². The number of hydrogen-bond acceptors (Lipinski definition) is 7. The van der Waals surface area contributed by atoms with Crippen LogP contribution in [-0.4, -0.2) is 33.0 Å². The number of benzene rings is 2. The number of methoxy groups -OCH3 is 3. The van der Waals surface area contributed by atoms with E-state index in [0.717, 1.165) is 26.7 Å². The van der Waals surface area contributed by atoms with Crippen LogP contribution in [0.2, 0.25) is 0 Å². The zero-order chi connectivity index (χ0) is 27.7. The zero-order valence-electron chi connectivity index (χ0n) is 22.7. The first-order valence-corrected chi connectivity index (χ1v) is 13.6. The average molecular weight is 545 g/mol. The van der Waals surface area contributed by atoms with Gasteiger partial charge in [-0.2, -0.15) is 0 Å². The van der Waals surface area contributed by atoms with Crippen LogP contribution < -0.4 is 24.8 Å². The Balaban J connectivity index is 1.50. The molecule has 0 spiro atoms. The summed E-state index contributed by atoms with van der Waals surface area (Å²) in [6, 6.07) is 17.1. The molecule has 1 aliphatic heterocycles. The number of aryl methyl sites for hydroxylation is 1. The minimum atomic E-state index is -0.433. The van der Waals surface area contributed by atoms with Gasteiger partial charge in [0, 0.05) is 44.4 Å². The topological polar surface area (TPSA) is 85.9 Å². The van der Waals surface area contributed by atoms with Crippen molar-refractivity contribution in [1.82, 2.24) is 5.32 Å². The van der Waals surface area contributed by atoms with Gasteiger partial charge in [-0.3, -0.25) is 9.59 Å². The van der Waals surface area contributed by atoms with Gasteiger partial charge >= 0.3 is 0 Å². The summed E-state index contributed by atoms with van der Waals surface area (Å²) in [5.41, 5.74) is 4.54. The fourth-order valence-corrected chi connectivity index (χ4v) is 6.45. The largest absolute Gasteiger partial charge is 0.497 e. The molecule has 2 N–H and O–H groups in total. The quantitative estimate of drug-likeness (QED) is 0.375. The Hall–Kier alpha value is -4.04. The van der Waals surface area contributed by atoms with Gasteiger partial charge in [0.2, 0.25) is 0 Å². The first-order valence-electron chi connectivity index (χ1n) is 12.8. The van der Waals surface area contributed by atoms with E-state index in [1.54, 1.807) is 56.9 Å². The Bertz CT molecular complexity index is 1480. The molecule has 1 amide bonds. The number of nitrogens with one attached hydrogen (secondary N) is 2. The van der Waals surface area contributed by atoms with E-state index in [1.807, 2.05) is 44.2 Å². The summed E-state index contributed by atoms with van der Waals surface area (Å²) in [7, 11) is 4.82. The molecule has 0 saturated carbocycles. The number of anilines is 1. The highest BCUT2D eigenvalue weighted by Gasteiger charge is 2.41. The first-order chi connectivity index (χ1) is 18.8. The lowest BCUT2D eigenvalue weighted by atomic mass is 9.73. The number of amides is 1. The Morgan fingerprint density at radius 2 is 1.67 bits per heavy atom. The molecule has 3 aromatic rings. The second-order valence-electron chi connectivity index (χ2n) is 9.76. The van der Waals surface area contributed by atoms with Crippen LogP contribution in [0.5, 0.6) is 17.2 Å². The predicted molar refractivity (Wildman–Crippen MR) is 153 cm³/mol. The van der Waals surface area contributed by atoms with Gasteiger partial charge in [0.15, 0.2) is 17.3 Å². The Morgan fingerprint density at radius 3 is 2.31 bits per heavy atom. The Labute approximate surface area is 232 Å². The third-order valence-electron chi connectivity index (χ3n) is 7.34. The van der Waals surface area contributed by atoms with E-state index in [0.29, 0.717) is 46.9 Å². The van der Waals surface area contributed by atoms with E-state index in [9.17, 15) is 9.59 Å². The molecule has 2 aromatic carbocycles. The number of rotatable bonds is 7. The number of ketones is 1. The van der Waals surface area contributed by atoms with E-state index < -0.39 is 5.92 Å². The summed E-state index contributed by atoms with van der Waals surface area (Å²) >= 11 is 1.62. The van der Waals surface area contributed by atoms with Crippen molar-refractivity contribution >= 4 is 28.7 Å². The molecule has 0 radical (unpaired) electrons. The number of carbonyl (C=O) groups is 2. The van der Waals surface area contributed by atoms with Crippen molar-refractivity contribution in [1.29, 1.82) is 0 Å². The summed E-state index contributed by atoms with van der Waals surface area (Å²) in [6.07, 6.45) is 1.01. The molecule has 2 heterocycles. The van der Waals surface area contributed by atoms with Gasteiger partial charge in [-0.05, 0) is 80.3 Å². The molecule has 2 atom stereocenters. The maximum atomic E-state index is 13.9. The van der Waals surface area contributed by atoms with Crippen molar-refractivity contribution in [2.24, 2.45) is 0 Å². The van der Waals surface area contributed by atoms with Gasteiger partial charge in [0.25, 0.3) is 5.91 Å². The lowest BCUT2D eigenvalue weighted by molar-refractivity contribution is -0.116. The number of thiophene rings is 1. The number of ether oxygens (including phenoxy) is 3. The summed E-state index contributed by atoms with van der Waals surface area (Å²) in [6.45, 7) is 3.94. The molecule has 2 aliphatic rings. The van der Waals surface area contributed by atoms with Crippen molar-refractivity contribution in [2.45, 2.75) is 38.5 Å². The normalized spacial score (nSPS) is 18.8. The lowest BCUT2D eigenvalue weighted by Crippen LogP contribution is -2.36. The highest BCUT2D eigenvalue weighted by molar-refractivity contribution is 7.12. The Kier molecular flexibility index (Phi) is 7.48. The summed E-state index contributed by atoms with van der Waals surface area (Å²) in [5, 5.41) is 6.47. The predicted octanol–water partition coefficient (Wildman–Crippen LogP) is 6.08. The summed E-state index contributed by atoms with van der Waals surface area (Å²) < 4.78 is 16.1. The van der Waals surface area contributed by atoms with Crippen LogP contribution in [0.3, 0.4) is 0 Å². The number of allylic oxidation sites excluding steroid dienone is 3. The van der Waals surface area contributed by atoms with Crippen LogP contribution in [0, 0.1) is 6.92 Å². The molecule has 8 heteroatoms. The highest BCUT2D eigenvalue weighted by atomic mass is 32.1. The van der Waals surface area contributed by atoms with Crippen LogP contribution in [0.1, 0.15) is 46.9 Å². The molecule has 1 aliphatic carbocycles. The number of carbonyl (C=O) groups excluding carboxylic acids is 2. The molecule has 0 unspecified atom stereocenters. The molecular formula is C31H32N2O5S. The van der Waals surface area contributed by atoms with Gasteiger partial charge in [0.1, 0.15) is 5.75 Å². The van der Waals surface area contributed by atoms with Crippen LogP contribution >= 0.6 is 11.3 Å². The van der Waals surface area contributed by atoms with Crippen LogP contribution in [0.15, 0.2) is 77.1 Å². The minimum Gasteiger partial charge on any atom is -0.497 e. The average Bonchev–Trinajstić information content (AvgIpc) is 3.37. The van der Waals surface area contributed by atoms with Crippen molar-refractivity contribution in [2.75, 3.05) is 26.6 Å². The summed E-state index contributed by atoms with van der Waals surface area (Å²) in [5.74, 6) is 1.36. The lowest BCUT2D eigenvalue weighted by Gasteiger charge is -2.36. The molecule has 0 fully saturated rings. The van der Waals surface area contributed by atoms with Crippen molar-refractivity contribution in [3.63, 3.8) is 0 Å². The molecule has 5 rings (SSSR count). The van der Waals surface area contributed by atoms with Gasteiger partial charge in [-0.1, -0.05) is 6.07 Å². The van der Waals surface area contributed by atoms with E-state index in [2.05, 4.69) is 10.6 Å². The minimum absolute atomic E-state index is 0.0169. The maximum Gasteiger partial charge on any atom is 0.254 e. The van der Waals surface area contributed by atoms with Gasteiger partial charge in [0.05, 0.1) is 27.2 Å². The molecule has 202 valence electrons. The number of dihydropyridines is 1. The zero-order valence-corrected chi connectivity index (χ0v) is 23.5. The third kappa shape index (κ3) is 5.16. The standard InChI is InChI=1S/C31H32N2O5S/c1-17-6-13-27(39-17)30-28(31(35)33-21-8-10-22(36-3)11-9-21)18(2)32-23-14-20(15-24(34)29(23)30)19-7-12-25(37-4)26(16-19)38-5/h6-13,16,20,30,32H,14-15H2,1-5H3,(H,33,35)/t20-,30+/m0/s1. The van der Waals surface area contributed by atoms with Crippen molar-refractivity contribution in [3.05, 3.63) is 92.5 Å². The maximum absolute atomic E-state index is 13.9. The van der Waals surface area contributed by atoms with Crippen molar-refractivity contribution < 1.29 is 23.8 Å². The van der Waals surface area contributed by atoms with Crippen LogP contribution in [-0.2, 0) is 9.59 Å². The summed E-state index contributed by atoms with van der Waals surface area (Å²) in [4.78, 5) is 29.7. The van der Waals surface area contributed by atoms with E-state index in [-0.39, 0.29) is 17.6 Å². The second-order valence-corrected chi connectivity index (χ2v) is 11.1. The molecule has 0 saturated heterocycles. The Morgan fingerprint density at radius 1 is 0.923 bits per heavy atom. The monoisotopic (exact) mass is 544 g/mol. The fraction of sp³-hybridized carbons (Fsp3) is 0.290. The molecule has 7 nitrogen and oxygen atoms in total. The van der Waals surface area contributed by atoms with Crippen molar-refractivity contribution in [3.8, 4) is 17.2 Å². The SMILES string of the molecule is COc1ccc(NC(=O)C2=C(C)NC3=C(C(=O)C[C@@H](c4ccc(OC)c(OC)c4)C3)[C@@H]2c2ccc(C)s2)cc1. The van der Waals surface area contributed by atoms with Crippen LogP contribution in [0.4, 0.5) is 5.69 Å². The van der Waals surface area contributed by atoms with Gasteiger partial charge < -0.3 is 24.8 Å².